The topological polar surface area (TPSA) is 105 Å². The van der Waals surface area contributed by atoms with Crippen LogP contribution in [0.25, 0.3) is 0 Å². The predicted molar refractivity (Wildman–Crippen MR) is 107 cm³/mol. The lowest BCUT2D eigenvalue weighted by Gasteiger charge is -2.20. The van der Waals surface area contributed by atoms with Crippen LogP contribution in [0.5, 0.6) is 0 Å². The van der Waals surface area contributed by atoms with Crippen LogP contribution < -0.4 is 10.7 Å². The summed E-state index contributed by atoms with van der Waals surface area (Å²) in [6.45, 7) is 5.71. The van der Waals surface area contributed by atoms with Crippen LogP contribution in [-0.2, 0) is 19.1 Å². The number of carbonyl (C=O) groups is 3. The maximum atomic E-state index is 13.2. The van der Waals surface area contributed by atoms with E-state index in [1.165, 1.54) is 34.2 Å². The molecule has 2 amide bonds. The van der Waals surface area contributed by atoms with Gasteiger partial charge in [-0.05, 0) is 51.5 Å². The number of nitrogens with two attached hydrogens (primary N) is 1. The van der Waals surface area contributed by atoms with Crippen LogP contribution >= 0.6 is 0 Å². The molecule has 0 fully saturated rings. The van der Waals surface area contributed by atoms with E-state index in [1.54, 1.807) is 27.8 Å². The number of nitrogens with zero attached hydrogens (tertiary/aromatic N) is 3. The Labute approximate surface area is 169 Å². The summed E-state index contributed by atoms with van der Waals surface area (Å²) in [7, 11) is 1.60. The van der Waals surface area contributed by atoms with Gasteiger partial charge in [0.15, 0.2) is 0 Å². The van der Waals surface area contributed by atoms with Gasteiger partial charge in [-0.15, -0.1) is 0 Å². The second-order valence-electron chi connectivity index (χ2n) is 7.91. The summed E-state index contributed by atoms with van der Waals surface area (Å²) in [5, 5.41) is 5.58. The maximum Gasteiger partial charge on any atom is 0.306 e. The largest absolute Gasteiger partial charge is 0.460 e. The second-order valence-corrected chi connectivity index (χ2v) is 7.91. The molecule has 29 heavy (non-hydrogen) atoms. The van der Waals surface area contributed by atoms with Crippen LogP contribution in [0.4, 0.5) is 10.1 Å². The normalized spacial score (nSPS) is 16.4. The Balaban J connectivity index is 2.00. The van der Waals surface area contributed by atoms with E-state index < -0.39 is 23.4 Å². The summed E-state index contributed by atoms with van der Waals surface area (Å²) in [4.78, 5) is 37.7. The van der Waals surface area contributed by atoms with Gasteiger partial charge in [0.05, 0.1) is 5.69 Å². The molecule has 0 radical (unpaired) electrons. The standard InChI is InChI=1S/C20H27FN4O4/c1-20(2,3)29-17(26)6-5-11-24(4)19(28)15-12-16(18(22)27)25(23-15)14-9-7-13(21)8-10-14/h7-10,16H,5-6,11-12H2,1-4H3,(H2,22,27). The molecule has 9 heteroatoms. The first-order valence-corrected chi connectivity index (χ1v) is 9.37. The fourth-order valence-corrected chi connectivity index (χ4v) is 2.87. The summed E-state index contributed by atoms with van der Waals surface area (Å²) in [5.41, 5.74) is 5.54. The first-order valence-electron chi connectivity index (χ1n) is 9.37. The molecular weight excluding hydrogens is 379 g/mol. The highest BCUT2D eigenvalue weighted by Gasteiger charge is 2.36. The van der Waals surface area contributed by atoms with E-state index in [-0.39, 0.29) is 30.4 Å². The van der Waals surface area contributed by atoms with Crippen LogP contribution in [0, 0.1) is 5.82 Å². The van der Waals surface area contributed by atoms with Gasteiger partial charge in [0, 0.05) is 26.4 Å². The van der Waals surface area contributed by atoms with Gasteiger partial charge in [-0.3, -0.25) is 19.4 Å². The van der Waals surface area contributed by atoms with Gasteiger partial charge in [0.2, 0.25) is 5.91 Å². The van der Waals surface area contributed by atoms with Crippen molar-refractivity contribution in [1.82, 2.24) is 4.90 Å². The molecule has 1 aromatic carbocycles. The summed E-state index contributed by atoms with van der Waals surface area (Å²) < 4.78 is 18.4. The molecule has 2 N–H and O–H groups in total. The van der Waals surface area contributed by atoms with Gasteiger partial charge in [-0.2, -0.15) is 5.10 Å². The van der Waals surface area contributed by atoms with Crippen LogP contribution in [0.2, 0.25) is 0 Å². The Kier molecular flexibility index (Phi) is 6.94. The lowest BCUT2D eigenvalue weighted by Crippen LogP contribution is -2.40. The predicted octanol–water partition coefficient (Wildman–Crippen LogP) is 1.83. The van der Waals surface area contributed by atoms with Crippen molar-refractivity contribution in [2.45, 2.75) is 51.7 Å². The van der Waals surface area contributed by atoms with Gasteiger partial charge in [-0.1, -0.05) is 0 Å². The fraction of sp³-hybridized carbons (Fsp3) is 0.500. The number of carbonyl (C=O) groups excluding carboxylic acids is 3. The lowest BCUT2D eigenvalue weighted by molar-refractivity contribution is -0.155. The Bertz CT molecular complexity index is 802. The Morgan fingerprint density at radius 2 is 1.90 bits per heavy atom. The molecular formula is C20H27FN4O4. The van der Waals surface area contributed by atoms with Crippen molar-refractivity contribution in [3.05, 3.63) is 30.1 Å². The minimum absolute atomic E-state index is 0.0575. The molecule has 8 nitrogen and oxygen atoms in total. The molecule has 1 aliphatic heterocycles. The number of amides is 2. The molecule has 0 bridgehead atoms. The molecule has 0 spiro atoms. The number of hydrogen-bond acceptors (Lipinski definition) is 6. The third-order valence-electron chi connectivity index (χ3n) is 4.22. The van der Waals surface area contributed by atoms with E-state index in [9.17, 15) is 18.8 Å². The van der Waals surface area contributed by atoms with E-state index >= 15 is 0 Å². The molecule has 1 unspecified atom stereocenters. The zero-order chi connectivity index (χ0) is 21.8. The fourth-order valence-electron chi connectivity index (χ4n) is 2.87. The smallest absolute Gasteiger partial charge is 0.306 e. The quantitative estimate of drug-likeness (QED) is 0.696. The van der Waals surface area contributed by atoms with Crippen molar-refractivity contribution in [3.8, 4) is 0 Å². The Morgan fingerprint density at radius 1 is 1.28 bits per heavy atom. The van der Waals surface area contributed by atoms with Crippen molar-refractivity contribution < 1.29 is 23.5 Å². The minimum Gasteiger partial charge on any atom is -0.460 e. The molecule has 0 aromatic heterocycles. The number of hydrazone groups is 1. The number of primary amides is 1. The van der Waals surface area contributed by atoms with Gasteiger partial charge in [0.1, 0.15) is 23.2 Å². The van der Waals surface area contributed by atoms with Crippen molar-refractivity contribution in [2.75, 3.05) is 18.6 Å². The molecule has 0 saturated carbocycles. The molecule has 1 aliphatic rings. The SMILES string of the molecule is CN(CCCC(=O)OC(C)(C)C)C(=O)C1=NN(c2ccc(F)cc2)C(C(N)=O)C1. The van der Waals surface area contributed by atoms with E-state index in [2.05, 4.69) is 5.10 Å². The summed E-state index contributed by atoms with van der Waals surface area (Å²) >= 11 is 0. The first-order chi connectivity index (χ1) is 13.5. The molecule has 2 rings (SSSR count). The van der Waals surface area contributed by atoms with Gasteiger partial charge in [-0.25, -0.2) is 4.39 Å². The van der Waals surface area contributed by atoms with Crippen molar-refractivity contribution in [2.24, 2.45) is 10.8 Å². The number of anilines is 1. The summed E-state index contributed by atoms with van der Waals surface area (Å²) in [6.07, 6.45) is 0.681. The van der Waals surface area contributed by atoms with Crippen molar-refractivity contribution in [3.63, 3.8) is 0 Å². The molecule has 1 atom stereocenters. The van der Waals surface area contributed by atoms with Crippen molar-refractivity contribution in [1.29, 1.82) is 0 Å². The number of benzene rings is 1. The van der Waals surface area contributed by atoms with E-state index in [0.717, 1.165) is 0 Å². The number of ether oxygens (including phenoxy) is 1. The third kappa shape index (κ3) is 6.27. The Morgan fingerprint density at radius 3 is 2.45 bits per heavy atom. The second kappa shape index (κ2) is 9.02. The number of rotatable bonds is 7. The average Bonchev–Trinajstić information content (AvgIpc) is 3.05. The first kappa shape index (κ1) is 22.3. The average molecular weight is 406 g/mol. The molecule has 1 aromatic rings. The number of esters is 1. The summed E-state index contributed by atoms with van der Waals surface area (Å²) in [5.74, 6) is -1.74. The highest BCUT2D eigenvalue weighted by atomic mass is 19.1. The molecule has 1 heterocycles. The molecule has 0 saturated heterocycles. The molecule has 0 aliphatic carbocycles. The minimum atomic E-state index is -0.824. The van der Waals surface area contributed by atoms with Crippen LogP contribution in [-0.4, -0.2) is 53.6 Å². The van der Waals surface area contributed by atoms with Gasteiger partial charge >= 0.3 is 5.97 Å². The third-order valence-corrected chi connectivity index (χ3v) is 4.22. The van der Waals surface area contributed by atoms with Crippen LogP contribution in [0.15, 0.2) is 29.4 Å². The number of hydrogen-bond donors (Lipinski definition) is 1. The van der Waals surface area contributed by atoms with Gasteiger partial charge in [0.25, 0.3) is 5.91 Å². The highest BCUT2D eigenvalue weighted by molar-refractivity contribution is 6.40. The summed E-state index contributed by atoms with van der Waals surface area (Å²) in [6, 6.07) is 4.59. The maximum absolute atomic E-state index is 13.2. The zero-order valence-electron chi connectivity index (χ0n) is 17.1. The van der Waals surface area contributed by atoms with E-state index in [4.69, 9.17) is 10.5 Å². The van der Waals surface area contributed by atoms with E-state index in [0.29, 0.717) is 18.7 Å². The van der Waals surface area contributed by atoms with Crippen LogP contribution in [0.1, 0.15) is 40.0 Å². The van der Waals surface area contributed by atoms with Gasteiger partial charge < -0.3 is 15.4 Å². The van der Waals surface area contributed by atoms with Crippen LogP contribution in [0.3, 0.4) is 0 Å². The monoisotopic (exact) mass is 406 g/mol. The molecule has 158 valence electrons. The Hall–Kier alpha value is -2.97. The van der Waals surface area contributed by atoms with E-state index in [1.807, 2.05) is 0 Å². The van der Waals surface area contributed by atoms with Crippen molar-refractivity contribution >= 4 is 29.2 Å². The number of halogens is 1. The lowest BCUT2D eigenvalue weighted by atomic mass is 10.1. The highest BCUT2D eigenvalue weighted by Crippen LogP contribution is 2.25. The zero-order valence-corrected chi connectivity index (χ0v) is 17.1.